The number of rotatable bonds is 6. The van der Waals surface area contributed by atoms with Crippen LogP contribution in [-0.4, -0.2) is 73.2 Å². The molecule has 1 aromatic heterocycles. The number of carbonyl (C=O) groups excluding carboxylic acids is 2. The third-order valence-corrected chi connectivity index (χ3v) is 7.86. The van der Waals surface area contributed by atoms with Gasteiger partial charge in [0.1, 0.15) is 12.1 Å². The molecule has 38 heavy (non-hydrogen) atoms. The van der Waals surface area contributed by atoms with Gasteiger partial charge in [0.05, 0.1) is 28.2 Å². The molecule has 1 unspecified atom stereocenters. The summed E-state index contributed by atoms with van der Waals surface area (Å²) in [6, 6.07) is 5.62. The average molecular weight is 545 g/mol. The summed E-state index contributed by atoms with van der Waals surface area (Å²) >= 11 is 1.57. The lowest BCUT2D eigenvalue weighted by molar-refractivity contribution is -0.147. The van der Waals surface area contributed by atoms with Gasteiger partial charge in [0.2, 0.25) is 11.8 Å². The third-order valence-electron chi connectivity index (χ3n) is 6.88. The quantitative estimate of drug-likeness (QED) is 0.494. The summed E-state index contributed by atoms with van der Waals surface area (Å²) in [6.07, 6.45) is -1.99. The van der Waals surface area contributed by atoms with E-state index in [0.717, 1.165) is 26.6 Å². The van der Waals surface area contributed by atoms with Gasteiger partial charge in [-0.3, -0.25) is 14.5 Å². The molecule has 1 aliphatic heterocycles. The summed E-state index contributed by atoms with van der Waals surface area (Å²) in [6.45, 7) is 14.4. The molecule has 0 radical (unpaired) electrons. The molecular weight excluding hydrogens is 504 g/mol. The van der Waals surface area contributed by atoms with Crippen molar-refractivity contribution in [2.24, 2.45) is 5.41 Å². The Bertz CT molecular complexity index is 1170. The second-order valence-electron chi connectivity index (χ2n) is 12.1. The van der Waals surface area contributed by atoms with Gasteiger partial charge < -0.3 is 20.4 Å². The topological polar surface area (TPSA) is 123 Å². The number of carboxylic acid groups (broad SMARTS) is 1. The Hall–Kier alpha value is -2.98. The van der Waals surface area contributed by atoms with E-state index in [1.54, 1.807) is 52.9 Å². The van der Waals surface area contributed by atoms with Crippen LogP contribution in [0.25, 0.3) is 10.4 Å². The third kappa shape index (κ3) is 6.35. The first-order chi connectivity index (χ1) is 17.5. The number of amides is 3. The Kier molecular flexibility index (Phi) is 8.58. The number of aliphatic hydroxyl groups excluding tert-OH is 1. The number of hydrogen-bond donors (Lipinski definition) is 3. The van der Waals surface area contributed by atoms with Crippen molar-refractivity contribution in [1.82, 2.24) is 20.1 Å². The Balaban J connectivity index is 1.81. The Morgan fingerprint density at radius 2 is 1.74 bits per heavy atom. The average Bonchev–Trinajstić information content (AvgIpc) is 3.40. The van der Waals surface area contributed by atoms with E-state index in [0.29, 0.717) is 0 Å². The van der Waals surface area contributed by atoms with E-state index < -0.39 is 41.1 Å². The molecule has 4 atom stereocenters. The van der Waals surface area contributed by atoms with Gasteiger partial charge in [0, 0.05) is 18.5 Å². The molecule has 2 aromatic rings. The molecule has 2 heterocycles. The van der Waals surface area contributed by atoms with E-state index in [4.69, 9.17) is 0 Å². The fourth-order valence-corrected chi connectivity index (χ4v) is 5.82. The normalized spacial score (nSPS) is 19.7. The molecule has 3 amide bonds. The van der Waals surface area contributed by atoms with Crippen LogP contribution in [0.4, 0.5) is 4.79 Å². The maximum absolute atomic E-state index is 13.9. The summed E-state index contributed by atoms with van der Waals surface area (Å²) < 4.78 is 0. The lowest BCUT2D eigenvalue weighted by Crippen LogP contribution is -2.63. The van der Waals surface area contributed by atoms with Gasteiger partial charge in [-0.2, -0.15) is 0 Å². The predicted octanol–water partition coefficient (Wildman–Crippen LogP) is 4.45. The molecule has 3 rings (SSSR count). The second kappa shape index (κ2) is 11.0. The highest BCUT2D eigenvalue weighted by molar-refractivity contribution is 7.13. The fourth-order valence-electron chi connectivity index (χ4n) is 5.01. The highest BCUT2D eigenvalue weighted by atomic mass is 32.1. The minimum Gasteiger partial charge on any atom is -0.465 e. The van der Waals surface area contributed by atoms with Crippen LogP contribution in [0, 0.1) is 12.3 Å². The number of aromatic nitrogens is 1. The number of thiazole rings is 1. The molecule has 0 bridgehead atoms. The molecule has 3 N–H and O–H groups in total. The van der Waals surface area contributed by atoms with Crippen LogP contribution in [0.1, 0.15) is 72.2 Å². The van der Waals surface area contributed by atoms with Gasteiger partial charge in [0.25, 0.3) is 0 Å². The molecule has 0 spiro atoms. The standard InChI is InChI=1S/C28H40N4O5S/c1-16(18-9-11-19(12-10-18)22-17(2)29-15-38-22)30-24(34)21-13-20(33)14-31(21)25(35)23(27(3,4)5)32(26(36)37)28(6,7)8/h9-12,15-16,20-21,23,33H,13-14H2,1-8H3,(H,30,34)(H,36,37)/t16-,20+,21-,23?/m0/s1. The highest BCUT2D eigenvalue weighted by Gasteiger charge is 2.49. The number of nitrogens with one attached hydrogen (secondary N) is 1. The molecule has 0 aliphatic carbocycles. The SMILES string of the molecule is Cc1ncsc1-c1ccc([C@H](C)NC(=O)[C@@H]2C[C@@H](O)CN2C(=O)C(N(C(=O)O)C(C)(C)C)C(C)(C)C)cc1. The molecule has 9 nitrogen and oxygen atoms in total. The van der Waals surface area contributed by atoms with E-state index in [2.05, 4.69) is 10.3 Å². The highest BCUT2D eigenvalue weighted by Crippen LogP contribution is 2.34. The first kappa shape index (κ1) is 29.6. The number of aryl methyl sites for hydroxylation is 1. The van der Waals surface area contributed by atoms with E-state index >= 15 is 0 Å². The number of nitrogens with zero attached hydrogens (tertiary/aromatic N) is 3. The van der Waals surface area contributed by atoms with Crippen LogP contribution < -0.4 is 5.32 Å². The Morgan fingerprint density at radius 1 is 1.13 bits per heavy atom. The first-order valence-corrected chi connectivity index (χ1v) is 13.7. The van der Waals surface area contributed by atoms with Gasteiger partial charge in [-0.25, -0.2) is 9.78 Å². The van der Waals surface area contributed by atoms with Crippen molar-refractivity contribution in [3.8, 4) is 10.4 Å². The molecule has 10 heteroatoms. The molecule has 1 fully saturated rings. The minimum absolute atomic E-state index is 0.0294. The number of aliphatic hydroxyl groups is 1. The van der Waals surface area contributed by atoms with Crippen LogP contribution in [-0.2, 0) is 9.59 Å². The van der Waals surface area contributed by atoms with Gasteiger partial charge in [-0.1, -0.05) is 45.0 Å². The van der Waals surface area contributed by atoms with Crippen LogP contribution in [0.3, 0.4) is 0 Å². The predicted molar refractivity (Wildman–Crippen MR) is 148 cm³/mol. The van der Waals surface area contributed by atoms with Crippen molar-refractivity contribution in [3.63, 3.8) is 0 Å². The van der Waals surface area contributed by atoms with Gasteiger partial charge in [0.15, 0.2) is 0 Å². The Labute approximate surface area is 228 Å². The zero-order valence-corrected chi connectivity index (χ0v) is 24.3. The molecular formula is C28H40N4O5S. The summed E-state index contributed by atoms with van der Waals surface area (Å²) in [5.41, 5.74) is 3.13. The summed E-state index contributed by atoms with van der Waals surface area (Å²) in [5, 5.41) is 23.5. The van der Waals surface area contributed by atoms with E-state index in [9.17, 15) is 24.6 Å². The lowest BCUT2D eigenvalue weighted by Gasteiger charge is -2.46. The summed E-state index contributed by atoms with van der Waals surface area (Å²) in [5.74, 6) is -0.862. The maximum atomic E-state index is 13.9. The first-order valence-electron chi connectivity index (χ1n) is 12.8. The van der Waals surface area contributed by atoms with Crippen molar-refractivity contribution in [3.05, 3.63) is 41.0 Å². The smallest absolute Gasteiger partial charge is 0.408 e. The van der Waals surface area contributed by atoms with Gasteiger partial charge in [-0.15, -0.1) is 11.3 Å². The molecule has 1 aliphatic rings. The molecule has 1 aromatic carbocycles. The molecule has 1 saturated heterocycles. The van der Waals surface area contributed by atoms with Crippen molar-refractivity contribution < 1.29 is 24.6 Å². The molecule has 208 valence electrons. The second-order valence-corrected chi connectivity index (χ2v) is 13.0. The number of hydrogen-bond acceptors (Lipinski definition) is 6. The van der Waals surface area contributed by atoms with Crippen LogP contribution in [0.5, 0.6) is 0 Å². The largest absolute Gasteiger partial charge is 0.465 e. The van der Waals surface area contributed by atoms with Crippen molar-refractivity contribution >= 4 is 29.2 Å². The Morgan fingerprint density at radius 3 is 2.21 bits per heavy atom. The zero-order valence-electron chi connectivity index (χ0n) is 23.5. The van der Waals surface area contributed by atoms with Crippen LogP contribution in [0.15, 0.2) is 29.8 Å². The maximum Gasteiger partial charge on any atom is 0.408 e. The van der Waals surface area contributed by atoms with Crippen molar-refractivity contribution in [2.75, 3.05) is 6.54 Å². The van der Waals surface area contributed by atoms with Gasteiger partial charge in [-0.05, 0) is 51.2 Å². The van der Waals surface area contributed by atoms with Gasteiger partial charge >= 0.3 is 6.09 Å². The zero-order chi connectivity index (χ0) is 28.6. The monoisotopic (exact) mass is 544 g/mol. The molecule has 0 saturated carbocycles. The number of carbonyl (C=O) groups is 3. The summed E-state index contributed by atoms with van der Waals surface area (Å²) in [4.78, 5) is 47.5. The van der Waals surface area contributed by atoms with Crippen molar-refractivity contribution in [2.45, 2.75) is 91.6 Å². The van der Waals surface area contributed by atoms with E-state index in [1.807, 2.05) is 43.6 Å². The fraction of sp³-hybridized carbons (Fsp3) is 0.571. The summed E-state index contributed by atoms with van der Waals surface area (Å²) in [7, 11) is 0. The van der Waals surface area contributed by atoms with Crippen LogP contribution >= 0.6 is 11.3 Å². The van der Waals surface area contributed by atoms with Crippen LogP contribution in [0.2, 0.25) is 0 Å². The van der Waals surface area contributed by atoms with E-state index in [1.165, 1.54) is 4.90 Å². The number of β-amino-alcohol motifs (C(OH)–C–C–N with tert-alkyl or cyclic N) is 1. The lowest BCUT2D eigenvalue weighted by atomic mass is 9.82. The number of likely N-dealkylation sites (tertiary alicyclic amines) is 1. The van der Waals surface area contributed by atoms with Crippen molar-refractivity contribution in [1.29, 1.82) is 0 Å². The number of benzene rings is 1. The van der Waals surface area contributed by atoms with E-state index in [-0.39, 0.29) is 24.9 Å². The minimum atomic E-state index is -1.21.